The van der Waals surface area contributed by atoms with Crippen LogP contribution in [0.4, 0.5) is 0 Å². The van der Waals surface area contributed by atoms with Crippen LogP contribution in [0.2, 0.25) is 0 Å². The van der Waals surface area contributed by atoms with Gasteiger partial charge in [0.1, 0.15) is 11.3 Å². The Kier molecular flexibility index (Phi) is 3.52. The molecule has 1 atom stereocenters. The Bertz CT molecular complexity index is 703. The lowest BCUT2D eigenvalue weighted by Crippen LogP contribution is -2.21. The zero-order chi connectivity index (χ0) is 13.9. The molecule has 0 spiro atoms. The molecule has 0 bridgehead atoms. The smallest absolute Gasteiger partial charge is 0.137 e. The number of nitrogens with one attached hydrogen (secondary N) is 1. The molecule has 0 aliphatic carbocycles. The molecule has 1 unspecified atom stereocenters. The summed E-state index contributed by atoms with van der Waals surface area (Å²) in [5.74, 6) is 0.947. The van der Waals surface area contributed by atoms with E-state index >= 15 is 0 Å². The van der Waals surface area contributed by atoms with Gasteiger partial charge in [0, 0.05) is 17.8 Å². The third kappa shape index (κ3) is 2.32. The molecule has 2 aromatic heterocycles. The summed E-state index contributed by atoms with van der Waals surface area (Å²) < 4.78 is 6.09. The van der Waals surface area contributed by atoms with Crippen molar-refractivity contribution in [3.63, 3.8) is 0 Å². The Morgan fingerprint density at radius 2 is 2.00 bits per heavy atom. The Balaban J connectivity index is 2.08. The third-order valence-electron chi connectivity index (χ3n) is 3.49. The van der Waals surface area contributed by atoms with Crippen molar-refractivity contribution in [3.05, 3.63) is 65.7 Å². The second kappa shape index (κ2) is 5.47. The van der Waals surface area contributed by atoms with Crippen LogP contribution in [0.1, 0.15) is 29.9 Å². The van der Waals surface area contributed by atoms with E-state index in [0.717, 1.165) is 23.3 Å². The van der Waals surface area contributed by atoms with Crippen LogP contribution in [0.25, 0.3) is 11.0 Å². The monoisotopic (exact) mass is 266 g/mol. The number of fused-ring (bicyclic) bond motifs is 1. The van der Waals surface area contributed by atoms with Crippen molar-refractivity contribution < 1.29 is 4.42 Å². The molecule has 0 radical (unpaired) electrons. The summed E-state index contributed by atoms with van der Waals surface area (Å²) >= 11 is 0. The Morgan fingerprint density at radius 3 is 2.70 bits per heavy atom. The van der Waals surface area contributed by atoms with Crippen molar-refractivity contribution in [2.45, 2.75) is 19.9 Å². The van der Waals surface area contributed by atoms with Crippen LogP contribution < -0.4 is 5.32 Å². The van der Waals surface area contributed by atoms with Crippen molar-refractivity contribution in [3.8, 4) is 0 Å². The highest BCUT2D eigenvalue weighted by Crippen LogP contribution is 2.29. The Morgan fingerprint density at radius 1 is 1.20 bits per heavy atom. The van der Waals surface area contributed by atoms with E-state index in [-0.39, 0.29) is 6.04 Å². The Hall–Kier alpha value is -2.13. The van der Waals surface area contributed by atoms with Crippen molar-refractivity contribution in [2.24, 2.45) is 0 Å². The number of aryl methyl sites for hydroxylation is 1. The van der Waals surface area contributed by atoms with Gasteiger partial charge in [-0.05, 0) is 42.8 Å². The molecule has 0 aliphatic rings. The van der Waals surface area contributed by atoms with E-state index in [9.17, 15) is 0 Å². The van der Waals surface area contributed by atoms with Gasteiger partial charge in [0.2, 0.25) is 0 Å². The third-order valence-corrected chi connectivity index (χ3v) is 3.49. The van der Waals surface area contributed by atoms with E-state index in [4.69, 9.17) is 4.42 Å². The van der Waals surface area contributed by atoms with Gasteiger partial charge >= 0.3 is 0 Å². The summed E-state index contributed by atoms with van der Waals surface area (Å²) in [6, 6.07) is 12.5. The number of benzene rings is 1. The predicted octanol–water partition coefficient (Wildman–Crippen LogP) is 3.84. The number of furan rings is 1. The summed E-state index contributed by atoms with van der Waals surface area (Å²) in [5.41, 5.74) is 3.30. The number of aromatic nitrogens is 1. The van der Waals surface area contributed by atoms with Gasteiger partial charge in [0.25, 0.3) is 0 Å². The minimum absolute atomic E-state index is 0.0646. The molecule has 20 heavy (non-hydrogen) atoms. The predicted molar refractivity (Wildman–Crippen MR) is 80.7 cm³/mol. The average Bonchev–Trinajstić information content (AvgIpc) is 2.91. The molecule has 102 valence electrons. The first-order valence-corrected chi connectivity index (χ1v) is 6.92. The lowest BCUT2D eigenvalue weighted by Gasteiger charge is -2.15. The van der Waals surface area contributed by atoms with Crippen LogP contribution in [0, 0.1) is 6.92 Å². The number of pyridine rings is 1. The second-order valence-electron chi connectivity index (χ2n) is 4.91. The lowest BCUT2D eigenvalue weighted by molar-refractivity contribution is 0.476. The maximum absolute atomic E-state index is 6.09. The van der Waals surface area contributed by atoms with Crippen LogP contribution >= 0.6 is 0 Å². The van der Waals surface area contributed by atoms with Gasteiger partial charge in [-0.2, -0.15) is 0 Å². The van der Waals surface area contributed by atoms with E-state index in [1.165, 1.54) is 11.1 Å². The molecular weight excluding hydrogens is 248 g/mol. The molecule has 0 saturated carbocycles. The molecule has 1 aromatic carbocycles. The van der Waals surface area contributed by atoms with E-state index in [2.05, 4.69) is 48.4 Å². The fourth-order valence-corrected chi connectivity index (χ4v) is 2.51. The van der Waals surface area contributed by atoms with E-state index in [1.54, 1.807) is 0 Å². The largest absolute Gasteiger partial charge is 0.459 e. The van der Waals surface area contributed by atoms with Crippen LogP contribution in [0.5, 0.6) is 0 Å². The minimum Gasteiger partial charge on any atom is -0.459 e. The molecule has 3 nitrogen and oxygen atoms in total. The molecule has 3 aromatic rings. The number of rotatable bonds is 4. The number of para-hydroxylation sites is 1. The lowest BCUT2D eigenvalue weighted by atomic mass is 10.1. The van der Waals surface area contributed by atoms with E-state index in [1.807, 2.05) is 24.5 Å². The summed E-state index contributed by atoms with van der Waals surface area (Å²) in [6.45, 7) is 5.05. The van der Waals surface area contributed by atoms with Gasteiger partial charge in [-0.3, -0.25) is 4.98 Å². The van der Waals surface area contributed by atoms with Crippen molar-refractivity contribution in [1.82, 2.24) is 10.3 Å². The molecule has 0 fully saturated rings. The van der Waals surface area contributed by atoms with E-state index < -0.39 is 0 Å². The maximum Gasteiger partial charge on any atom is 0.137 e. The Labute approximate surface area is 118 Å². The van der Waals surface area contributed by atoms with Gasteiger partial charge in [0.05, 0.1) is 6.04 Å². The van der Waals surface area contributed by atoms with Gasteiger partial charge < -0.3 is 9.73 Å². The van der Waals surface area contributed by atoms with Crippen LogP contribution in [0.15, 0.2) is 53.2 Å². The fourth-order valence-electron chi connectivity index (χ4n) is 2.51. The molecular formula is C17H18N2O. The summed E-state index contributed by atoms with van der Waals surface area (Å²) in [5, 5.41) is 4.62. The second-order valence-corrected chi connectivity index (χ2v) is 4.91. The molecule has 3 heteroatoms. The van der Waals surface area contributed by atoms with Crippen LogP contribution in [-0.4, -0.2) is 11.5 Å². The van der Waals surface area contributed by atoms with Crippen molar-refractivity contribution >= 4 is 11.0 Å². The van der Waals surface area contributed by atoms with Crippen molar-refractivity contribution in [1.29, 1.82) is 0 Å². The molecule has 0 saturated heterocycles. The zero-order valence-corrected chi connectivity index (χ0v) is 11.8. The number of hydrogen-bond donors (Lipinski definition) is 1. The molecule has 0 aliphatic heterocycles. The average molecular weight is 266 g/mol. The first kappa shape index (κ1) is 12.9. The maximum atomic E-state index is 6.09. The topological polar surface area (TPSA) is 38.1 Å². The molecule has 0 amide bonds. The minimum atomic E-state index is 0.0646. The van der Waals surface area contributed by atoms with Crippen LogP contribution in [-0.2, 0) is 0 Å². The molecule has 2 heterocycles. The van der Waals surface area contributed by atoms with Gasteiger partial charge in [-0.25, -0.2) is 0 Å². The zero-order valence-electron chi connectivity index (χ0n) is 11.8. The van der Waals surface area contributed by atoms with Gasteiger partial charge in [-0.1, -0.05) is 25.1 Å². The van der Waals surface area contributed by atoms with E-state index in [0.29, 0.717) is 0 Å². The SMILES string of the molecule is CCNC(c1ccncc1)c1cc2cccc(C)c2o1. The summed E-state index contributed by atoms with van der Waals surface area (Å²) in [4.78, 5) is 4.08. The van der Waals surface area contributed by atoms with Gasteiger partial charge in [-0.15, -0.1) is 0 Å². The number of nitrogens with zero attached hydrogens (tertiary/aromatic N) is 1. The van der Waals surface area contributed by atoms with Crippen molar-refractivity contribution in [2.75, 3.05) is 6.54 Å². The quantitative estimate of drug-likeness (QED) is 0.779. The highest BCUT2D eigenvalue weighted by atomic mass is 16.3. The molecule has 1 N–H and O–H groups in total. The summed E-state index contributed by atoms with van der Waals surface area (Å²) in [6.07, 6.45) is 3.63. The van der Waals surface area contributed by atoms with Gasteiger partial charge in [0.15, 0.2) is 0 Å². The fraction of sp³-hybridized carbons (Fsp3) is 0.235. The number of hydrogen-bond acceptors (Lipinski definition) is 3. The highest BCUT2D eigenvalue weighted by Gasteiger charge is 2.17. The highest BCUT2D eigenvalue weighted by molar-refractivity contribution is 5.81. The summed E-state index contributed by atoms with van der Waals surface area (Å²) in [7, 11) is 0. The molecule has 3 rings (SSSR count). The van der Waals surface area contributed by atoms with Crippen LogP contribution in [0.3, 0.4) is 0 Å². The standard InChI is InChI=1S/C17H18N2O/c1-3-19-16(13-7-9-18-10-8-13)15-11-14-6-4-5-12(2)17(14)20-15/h4-11,16,19H,3H2,1-2H3. The first-order chi connectivity index (χ1) is 9.79. The first-order valence-electron chi connectivity index (χ1n) is 6.92. The normalized spacial score (nSPS) is 12.7.